The van der Waals surface area contributed by atoms with Gasteiger partial charge in [0.25, 0.3) is 0 Å². The Bertz CT molecular complexity index is 656. The monoisotopic (exact) mass is 308 g/mol. The predicted molar refractivity (Wildman–Crippen MR) is 80.9 cm³/mol. The van der Waals surface area contributed by atoms with Crippen molar-refractivity contribution in [2.24, 2.45) is 10.9 Å². The molecular formula is C14H17FN4OS. The minimum atomic E-state index is -0.369. The first kappa shape index (κ1) is 15.4. The third-order valence-corrected chi connectivity index (χ3v) is 4.08. The zero-order valence-electron chi connectivity index (χ0n) is 11.9. The lowest BCUT2D eigenvalue weighted by Crippen LogP contribution is -2.19. The van der Waals surface area contributed by atoms with Gasteiger partial charge in [0.1, 0.15) is 5.82 Å². The molecule has 112 valence electrons. The van der Waals surface area contributed by atoms with Crippen molar-refractivity contribution in [2.75, 3.05) is 7.05 Å². The summed E-state index contributed by atoms with van der Waals surface area (Å²) in [5.74, 6) is -0.471. The Kier molecular flexibility index (Phi) is 4.87. The molecule has 1 aromatic heterocycles. The summed E-state index contributed by atoms with van der Waals surface area (Å²) in [7, 11) is 1.93. The molecule has 3 N–H and O–H groups in total. The number of hydrogen-bond acceptors (Lipinski definition) is 5. The van der Waals surface area contributed by atoms with E-state index in [0.29, 0.717) is 17.7 Å². The topological polar surface area (TPSA) is 74.7 Å². The van der Waals surface area contributed by atoms with E-state index >= 15 is 0 Å². The fourth-order valence-electron chi connectivity index (χ4n) is 1.96. The van der Waals surface area contributed by atoms with Gasteiger partial charge in [0.15, 0.2) is 5.84 Å². The van der Waals surface area contributed by atoms with Gasteiger partial charge in [-0.05, 0) is 20.0 Å². The standard InChI is InChI=1S/C14H17FN4OS/c1-9-13(21-8-17-9)7-19(2)6-11-4-3-10(5-12(11)15)14(16)18-20/h3-5,8,20H,6-7H2,1-2H3,(H2,16,18). The third-order valence-electron chi connectivity index (χ3n) is 3.16. The molecular weight excluding hydrogens is 291 g/mol. The Balaban J connectivity index is 2.07. The summed E-state index contributed by atoms with van der Waals surface area (Å²) in [6, 6.07) is 4.56. The van der Waals surface area contributed by atoms with Gasteiger partial charge in [-0.1, -0.05) is 17.3 Å². The molecule has 0 aliphatic heterocycles. The highest BCUT2D eigenvalue weighted by atomic mass is 32.1. The van der Waals surface area contributed by atoms with Crippen LogP contribution in [0.1, 0.15) is 21.7 Å². The molecule has 2 aromatic rings. The molecule has 0 amide bonds. The highest BCUT2D eigenvalue weighted by Gasteiger charge is 2.11. The van der Waals surface area contributed by atoms with Gasteiger partial charge < -0.3 is 10.9 Å². The number of benzene rings is 1. The van der Waals surface area contributed by atoms with E-state index in [1.807, 2.05) is 24.4 Å². The van der Waals surface area contributed by atoms with Crippen molar-refractivity contribution in [1.82, 2.24) is 9.88 Å². The maximum absolute atomic E-state index is 14.0. The molecule has 7 heteroatoms. The SMILES string of the molecule is Cc1ncsc1CN(C)Cc1ccc(C(N)=NO)cc1F. The maximum atomic E-state index is 14.0. The van der Waals surface area contributed by atoms with Crippen LogP contribution < -0.4 is 5.73 Å². The van der Waals surface area contributed by atoms with Crippen molar-refractivity contribution in [3.8, 4) is 0 Å². The number of rotatable bonds is 5. The van der Waals surface area contributed by atoms with Gasteiger partial charge in [0.05, 0.1) is 11.2 Å². The number of nitrogens with two attached hydrogens (primary N) is 1. The van der Waals surface area contributed by atoms with Crippen LogP contribution in [0.2, 0.25) is 0 Å². The average molecular weight is 308 g/mol. The first-order chi connectivity index (χ1) is 10.0. The van der Waals surface area contributed by atoms with Gasteiger partial charge in [0, 0.05) is 29.1 Å². The Hall–Kier alpha value is -1.99. The Labute approximate surface area is 126 Å². The largest absolute Gasteiger partial charge is 0.409 e. The van der Waals surface area contributed by atoms with Crippen LogP contribution in [0.5, 0.6) is 0 Å². The van der Waals surface area contributed by atoms with E-state index in [4.69, 9.17) is 10.9 Å². The van der Waals surface area contributed by atoms with Gasteiger partial charge >= 0.3 is 0 Å². The van der Waals surface area contributed by atoms with Crippen LogP contribution in [-0.4, -0.2) is 28.0 Å². The van der Waals surface area contributed by atoms with Crippen molar-refractivity contribution in [3.63, 3.8) is 0 Å². The molecule has 2 rings (SSSR count). The van der Waals surface area contributed by atoms with Crippen molar-refractivity contribution < 1.29 is 9.60 Å². The predicted octanol–water partition coefficient (Wildman–Crippen LogP) is 2.32. The zero-order chi connectivity index (χ0) is 15.4. The molecule has 0 saturated heterocycles. The second kappa shape index (κ2) is 6.64. The summed E-state index contributed by atoms with van der Waals surface area (Å²) in [6.45, 7) is 3.16. The minimum Gasteiger partial charge on any atom is -0.409 e. The van der Waals surface area contributed by atoms with Crippen LogP contribution in [0.4, 0.5) is 4.39 Å². The molecule has 0 aliphatic rings. The van der Waals surface area contributed by atoms with Crippen LogP contribution in [0, 0.1) is 12.7 Å². The van der Waals surface area contributed by atoms with E-state index in [1.165, 1.54) is 10.9 Å². The Morgan fingerprint density at radius 3 is 2.81 bits per heavy atom. The molecule has 0 aliphatic carbocycles. The van der Waals surface area contributed by atoms with E-state index in [1.54, 1.807) is 23.5 Å². The highest BCUT2D eigenvalue weighted by Crippen LogP contribution is 2.17. The first-order valence-electron chi connectivity index (χ1n) is 6.35. The van der Waals surface area contributed by atoms with Gasteiger partial charge in [-0.15, -0.1) is 11.3 Å². The number of hydrogen-bond donors (Lipinski definition) is 2. The number of aryl methyl sites for hydroxylation is 1. The van der Waals surface area contributed by atoms with E-state index < -0.39 is 0 Å². The number of oxime groups is 1. The molecule has 1 aromatic carbocycles. The quantitative estimate of drug-likeness (QED) is 0.385. The number of amidine groups is 1. The maximum Gasteiger partial charge on any atom is 0.170 e. The summed E-state index contributed by atoms with van der Waals surface area (Å²) < 4.78 is 14.0. The lowest BCUT2D eigenvalue weighted by Gasteiger charge is -2.16. The lowest BCUT2D eigenvalue weighted by molar-refractivity contribution is 0.315. The summed E-state index contributed by atoms with van der Waals surface area (Å²) in [6.07, 6.45) is 0. The second-order valence-corrected chi connectivity index (χ2v) is 5.76. The summed E-state index contributed by atoms with van der Waals surface area (Å²) >= 11 is 1.60. The molecule has 5 nitrogen and oxygen atoms in total. The Morgan fingerprint density at radius 1 is 1.48 bits per heavy atom. The molecule has 0 radical (unpaired) electrons. The lowest BCUT2D eigenvalue weighted by atomic mass is 10.1. The van der Waals surface area contributed by atoms with Gasteiger partial charge in [-0.3, -0.25) is 4.90 Å². The fourth-order valence-corrected chi connectivity index (χ4v) is 2.82. The van der Waals surface area contributed by atoms with Crippen molar-refractivity contribution in [3.05, 3.63) is 51.2 Å². The number of thiazole rings is 1. The molecule has 0 atom stereocenters. The summed E-state index contributed by atoms with van der Waals surface area (Å²) in [5.41, 5.74) is 9.18. The number of aromatic nitrogens is 1. The first-order valence-corrected chi connectivity index (χ1v) is 7.23. The molecule has 1 heterocycles. The molecule has 0 fully saturated rings. The van der Waals surface area contributed by atoms with E-state index in [2.05, 4.69) is 10.1 Å². The summed E-state index contributed by atoms with van der Waals surface area (Å²) in [4.78, 5) is 7.39. The van der Waals surface area contributed by atoms with Crippen molar-refractivity contribution >= 4 is 17.2 Å². The van der Waals surface area contributed by atoms with Gasteiger partial charge in [0.2, 0.25) is 0 Å². The van der Waals surface area contributed by atoms with Gasteiger partial charge in [-0.25, -0.2) is 9.37 Å². The second-order valence-electron chi connectivity index (χ2n) is 4.82. The van der Waals surface area contributed by atoms with Crippen molar-refractivity contribution in [2.45, 2.75) is 20.0 Å². The zero-order valence-corrected chi connectivity index (χ0v) is 12.7. The summed E-state index contributed by atoms with van der Waals surface area (Å²) in [5, 5.41) is 11.5. The molecule has 21 heavy (non-hydrogen) atoms. The van der Waals surface area contributed by atoms with Crippen LogP contribution in [0.3, 0.4) is 0 Å². The fraction of sp³-hybridized carbons (Fsp3) is 0.286. The van der Waals surface area contributed by atoms with Gasteiger partial charge in [-0.2, -0.15) is 0 Å². The number of halogens is 1. The number of nitrogens with zero attached hydrogens (tertiary/aromatic N) is 3. The van der Waals surface area contributed by atoms with Crippen LogP contribution in [0.15, 0.2) is 28.9 Å². The average Bonchev–Trinajstić information content (AvgIpc) is 2.85. The smallest absolute Gasteiger partial charge is 0.170 e. The minimum absolute atomic E-state index is 0.103. The molecule has 0 spiro atoms. The van der Waals surface area contributed by atoms with Crippen LogP contribution in [-0.2, 0) is 13.1 Å². The third kappa shape index (κ3) is 3.77. The highest BCUT2D eigenvalue weighted by molar-refractivity contribution is 7.09. The molecule has 0 bridgehead atoms. The van der Waals surface area contributed by atoms with Crippen LogP contribution >= 0.6 is 11.3 Å². The van der Waals surface area contributed by atoms with E-state index in [0.717, 1.165) is 12.2 Å². The van der Waals surface area contributed by atoms with Crippen molar-refractivity contribution in [1.29, 1.82) is 0 Å². The van der Waals surface area contributed by atoms with E-state index in [9.17, 15) is 4.39 Å². The normalized spacial score (nSPS) is 12.1. The van der Waals surface area contributed by atoms with E-state index in [-0.39, 0.29) is 11.7 Å². The Morgan fingerprint density at radius 2 is 2.24 bits per heavy atom. The van der Waals surface area contributed by atoms with Crippen LogP contribution in [0.25, 0.3) is 0 Å². The molecule has 0 unspecified atom stereocenters. The molecule has 0 saturated carbocycles.